The smallest absolute Gasteiger partial charge is 0.264 e. The van der Waals surface area contributed by atoms with E-state index in [0.29, 0.717) is 5.02 Å². The molecule has 0 spiro atoms. The van der Waals surface area contributed by atoms with E-state index >= 15 is 0 Å². The standard InChI is InChI=1S/C37H42ClN3O4S/c1-26-15-19-32(20-16-26)46(44,45)41(31-18-17-28(3)33(38)23-31)25-35(42)40(24-30-14-10-11-27(2)21-30)34(36(43)39-37(4,5)6)22-29-12-8-7-9-13-29/h7-21,23,34H,22,24-25H2,1-6H3,(H,39,43). The van der Waals surface area contributed by atoms with E-state index in [1.165, 1.54) is 17.0 Å². The predicted octanol–water partition coefficient (Wildman–Crippen LogP) is 7.02. The molecule has 0 aliphatic rings. The maximum atomic E-state index is 14.6. The lowest BCUT2D eigenvalue weighted by atomic mass is 10.0. The van der Waals surface area contributed by atoms with Crippen molar-refractivity contribution in [2.75, 3.05) is 10.8 Å². The number of carbonyl (C=O) groups excluding carboxylic acids is 2. The van der Waals surface area contributed by atoms with E-state index in [1.54, 1.807) is 30.3 Å². The molecule has 242 valence electrons. The van der Waals surface area contributed by atoms with Gasteiger partial charge in [0.25, 0.3) is 10.0 Å². The van der Waals surface area contributed by atoms with Crippen molar-refractivity contribution in [2.45, 2.75) is 71.0 Å². The van der Waals surface area contributed by atoms with Gasteiger partial charge in [0.05, 0.1) is 10.6 Å². The Kier molecular flexibility index (Phi) is 11.0. The molecule has 1 unspecified atom stereocenters. The van der Waals surface area contributed by atoms with Gasteiger partial charge in [-0.1, -0.05) is 95.5 Å². The van der Waals surface area contributed by atoms with Crippen molar-refractivity contribution in [2.24, 2.45) is 0 Å². The number of anilines is 1. The average molecular weight is 660 g/mol. The summed E-state index contributed by atoms with van der Waals surface area (Å²) in [4.78, 5) is 30.1. The predicted molar refractivity (Wildman–Crippen MR) is 185 cm³/mol. The van der Waals surface area contributed by atoms with Crippen LogP contribution in [-0.2, 0) is 32.6 Å². The third-order valence-corrected chi connectivity index (χ3v) is 9.73. The first-order valence-electron chi connectivity index (χ1n) is 15.2. The molecule has 0 aromatic heterocycles. The molecule has 7 nitrogen and oxygen atoms in total. The van der Waals surface area contributed by atoms with Crippen LogP contribution in [0.1, 0.15) is 48.6 Å². The molecule has 46 heavy (non-hydrogen) atoms. The number of aryl methyl sites for hydroxylation is 3. The number of amides is 2. The zero-order valence-corrected chi connectivity index (χ0v) is 28.8. The van der Waals surface area contributed by atoms with Gasteiger partial charge in [-0.25, -0.2) is 8.42 Å². The lowest BCUT2D eigenvalue weighted by Gasteiger charge is -2.35. The van der Waals surface area contributed by atoms with Crippen LogP contribution in [0.3, 0.4) is 0 Å². The van der Waals surface area contributed by atoms with E-state index in [2.05, 4.69) is 5.32 Å². The molecule has 0 aliphatic carbocycles. The Morgan fingerprint density at radius 3 is 2.07 bits per heavy atom. The van der Waals surface area contributed by atoms with E-state index in [1.807, 2.05) is 96.1 Å². The third-order valence-electron chi connectivity index (χ3n) is 7.54. The third kappa shape index (κ3) is 8.98. The van der Waals surface area contributed by atoms with Crippen molar-refractivity contribution in [3.8, 4) is 0 Å². The van der Waals surface area contributed by atoms with E-state index in [0.717, 1.165) is 32.1 Å². The number of hydrogen-bond donors (Lipinski definition) is 1. The Balaban J connectivity index is 1.84. The van der Waals surface area contributed by atoms with Gasteiger partial charge in [0, 0.05) is 23.5 Å². The molecule has 4 rings (SSSR count). The minimum absolute atomic E-state index is 0.0409. The first kappa shape index (κ1) is 34.7. The summed E-state index contributed by atoms with van der Waals surface area (Å²) in [5, 5.41) is 3.42. The quantitative estimate of drug-likeness (QED) is 0.188. The van der Waals surface area contributed by atoms with Gasteiger partial charge in [-0.3, -0.25) is 13.9 Å². The molecule has 0 heterocycles. The van der Waals surface area contributed by atoms with Gasteiger partial charge >= 0.3 is 0 Å². The molecule has 0 saturated heterocycles. The van der Waals surface area contributed by atoms with Gasteiger partial charge in [0.2, 0.25) is 11.8 Å². The lowest BCUT2D eigenvalue weighted by Crippen LogP contribution is -2.56. The topological polar surface area (TPSA) is 86.8 Å². The van der Waals surface area contributed by atoms with Crippen LogP contribution in [0, 0.1) is 20.8 Å². The highest BCUT2D eigenvalue weighted by atomic mass is 35.5. The Labute approximate surface area is 278 Å². The maximum absolute atomic E-state index is 14.6. The summed E-state index contributed by atoms with van der Waals surface area (Å²) in [5.41, 5.74) is 4.05. The summed E-state index contributed by atoms with van der Waals surface area (Å²) >= 11 is 6.47. The molecule has 0 bridgehead atoms. The minimum atomic E-state index is -4.22. The highest BCUT2D eigenvalue weighted by Gasteiger charge is 2.35. The second-order valence-corrected chi connectivity index (χ2v) is 15.0. The van der Waals surface area contributed by atoms with Crippen LogP contribution < -0.4 is 9.62 Å². The molecule has 1 N–H and O–H groups in total. The minimum Gasteiger partial charge on any atom is -0.350 e. The van der Waals surface area contributed by atoms with Crippen LogP contribution in [0.4, 0.5) is 5.69 Å². The van der Waals surface area contributed by atoms with Crippen LogP contribution in [0.2, 0.25) is 5.02 Å². The van der Waals surface area contributed by atoms with Crippen molar-refractivity contribution in [1.82, 2.24) is 10.2 Å². The molecule has 2 amide bonds. The second kappa shape index (κ2) is 14.5. The number of nitrogens with zero attached hydrogens (tertiary/aromatic N) is 2. The number of rotatable bonds is 11. The van der Waals surface area contributed by atoms with Gasteiger partial charge < -0.3 is 10.2 Å². The molecule has 0 radical (unpaired) electrons. The monoisotopic (exact) mass is 659 g/mol. The lowest BCUT2D eigenvalue weighted by molar-refractivity contribution is -0.140. The van der Waals surface area contributed by atoms with E-state index in [-0.39, 0.29) is 29.5 Å². The summed E-state index contributed by atoms with van der Waals surface area (Å²) in [6.45, 7) is 10.9. The van der Waals surface area contributed by atoms with Crippen molar-refractivity contribution in [1.29, 1.82) is 0 Å². The van der Waals surface area contributed by atoms with Crippen molar-refractivity contribution in [3.05, 3.63) is 130 Å². The van der Waals surface area contributed by atoms with Crippen LogP contribution in [0.25, 0.3) is 0 Å². The summed E-state index contributed by atoms with van der Waals surface area (Å²) < 4.78 is 29.5. The van der Waals surface area contributed by atoms with Crippen molar-refractivity contribution in [3.63, 3.8) is 0 Å². The van der Waals surface area contributed by atoms with Crippen LogP contribution in [0.15, 0.2) is 102 Å². The first-order chi connectivity index (χ1) is 21.6. The van der Waals surface area contributed by atoms with Gasteiger partial charge in [-0.05, 0) is 82.5 Å². The summed E-state index contributed by atoms with van der Waals surface area (Å²) in [6.07, 6.45) is 0.237. The van der Waals surface area contributed by atoms with E-state index in [4.69, 9.17) is 11.6 Å². The Bertz CT molecular complexity index is 1790. The van der Waals surface area contributed by atoms with Crippen molar-refractivity contribution >= 4 is 39.1 Å². The van der Waals surface area contributed by atoms with Crippen LogP contribution in [0.5, 0.6) is 0 Å². The SMILES string of the molecule is Cc1ccc(S(=O)(=O)N(CC(=O)N(Cc2cccc(C)c2)C(Cc2ccccc2)C(=O)NC(C)(C)C)c2ccc(C)c(Cl)c2)cc1. The highest BCUT2D eigenvalue weighted by Crippen LogP contribution is 2.29. The number of sulfonamides is 1. The molecular formula is C37H42ClN3O4S. The summed E-state index contributed by atoms with van der Waals surface area (Å²) in [5.74, 6) is -0.859. The fourth-order valence-electron chi connectivity index (χ4n) is 5.12. The Hall–Kier alpha value is -4.14. The second-order valence-electron chi connectivity index (χ2n) is 12.7. The number of nitrogens with one attached hydrogen (secondary N) is 1. The summed E-state index contributed by atoms with van der Waals surface area (Å²) in [7, 11) is -4.22. The number of halogens is 1. The molecule has 0 aliphatic heterocycles. The zero-order chi connectivity index (χ0) is 33.6. The zero-order valence-electron chi connectivity index (χ0n) is 27.2. The normalized spacial score (nSPS) is 12.3. The largest absolute Gasteiger partial charge is 0.350 e. The molecular weight excluding hydrogens is 618 g/mol. The fraction of sp³-hybridized carbons (Fsp3) is 0.297. The van der Waals surface area contributed by atoms with Gasteiger partial charge in [0.1, 0.15) is 12.6 Å². The highest BCUT2D eigenvalue weighted by molar-refractivity contribution is 7.92. The number of benzene rings is 4. The number of carbonyl (C=O) groups is 2. The van der Waals surface area contributed by atoms with Crippen molar-refractivity contribution < 1.29 is 18.0 Å². The molecule has 4 aromatic carbocycles. The fourth-order valence-corrected chi connectivity index (χ4v) is 6.70. The molecule has 0 saturated carbocycles. The molecule has 0 fully saturated rings. The van der Waals surface area contributed by atoms with Gasteiger partial charge in [-0.15, -0.1) is 0 Å². The Morgan fingerprint density at radius 2 is 1.46 bits per heavy atom. The summed E-state index contributed by atoms with van der Waals surface area (Å²) in [6, 6.07) is 27.7. The molecule has 1 atom stereocenters. The maximum Gasteiger partial charge on any atom is 0.264 e. The van der Waals surface area contributed by atoms with Gasteiger partial charge in [0.15, 0.2) is 0 Å². The van der Waals surface area contributed by atoms with Crippen LogP contribution in [-0.4, -0.2) is 43.3 Å². The number of hydrogen-bond acceptors (Lipinski definition) is 4. The van der Waals surface area contributed by atoms with E-state index in [9.17, 15) is 18.0 Å². The molecule has 4 aromatic rings. The Morgan fingerprint density at radius 1 is 0.804 bits per heavy atom. The molecule has 9 heteroatoms. The van der Waals surface area contributed by atoms with Crippen LogP contribution >= 0.6 is 11.6 Å². The van der Waals surface area contributed by atoms with E-state index < -0.39 is 34.1 Å². The van der Waals surface area contributed by atoms with Gasteiger partial charge in [-0.2, -0.15) is 0 Å². The average Bonchev–Trinajstić information content (AvgIpc) is 2.99. The first-order valence-corrected chi connectivity index (χ1v) is 17.0.